The summed E-state index contributed by atoms with van der Waals surface area (Å²) >= 11 is 0. The van der Waals surface area contributed by atoms with Gasteiger partial charge in [0.25, 0.3) is 10.0 Å². The van der Waals surface area contributed by atoms with Gasteiger partial charge in [-0.25, -0.2) is 18.6 Å². The van der Waals surface area contributed by atoms with E-state index < -0.39 is 38.9 Å². The van der Waals surface area contributed by atoms with Crippen molar-refractivity contribution in [2.45, 2.75) is 5.03 Å². The monoisotopic (exact) mass is 393 g/mol. The molecule has 2 heterocycles. The molecule has 0 saturated carbocycles. The average molecular weight is 393 g/mol. The summed E-state index contributed by atoms with van der Waals surface area (Å²) in [5.41, 5.74) is -0.665. The summed E-state index contributed by atoms with van der Waals surface area (Å²) in [6.07, 6.45) is 4.87. The number of aromatic nitrogens is 2. The van der Waals surface area contributed by atoms with Gasteiger partial charge in [-0.3, -0.25) is 4.72 Å². The summed E-state index contributed by atoms with van der Waals surface area (Å²) in [6.45, 7) is 0. The number of anilines is 1. The van der Waals surface area contributed by atoms with Crippen molar-refractivity contribution in [3.8, 4) is 5.69 Å². The molecule has 0 amide bonds. The van der Waals surface area contributed by atoms with Crippen LogP contribution in [-0.2, 0) is 14.8 Å². The maximum Gasteiger partial charge on any atom is 0.343 e. The van der Waals surface area contributed by atoms with Crippen molar-refractivity contribution in [3.63, 3.8) is 0 Å². The number of rotatable bonds is 5. The number of hydrogen-bond donors (Lipinski definition) is 1. The summed E-state index contributed by atoms with van der Waals surface area (Å²) in [4.78, 5) is 15.2. The standard InChI is InChI=1S/C17H13F2N3O4S/c1-26-17(23)16-13(18)8-11(9-14(16)19)21-27(24,25)15-5-4-12(10-20-15)22-6-2-3-7-22/h2-10,21H,1H3. The van der Waals surface area contributed by atoms with Gasteiger partial charge in [0.05, 0.1) is 24.7 Å². The molecule has 0 aliphatic heterocycles. The molecule has 140 valence electrons. The Hall–Kier alpha value is -3.27. The zero-order valence-corrected chi connectivity index (χ0v) is 14.7. The second-order valence-corrected chi connectivity index (χ2v) is 6.99. The molecule has 2 aromatic heterocycles. The molecule has 0 bridgehead atoms. The Morgan fingerprint density at radius 1 is 1.15 bits per heavy atom. The Morgan fingerprint density at radius 2 is 1.78 bits per heavy atom. The van der Waals surface area contributed by atoms with Gasteiger partial charge < -0.3 is 9.30 Å². The molecular weight excluding hydrogens is 380 g/mol. The van der Waals surface area contributed by atoms with Gasteiger partial charge in [-0.15, -0.1) is 0 Å². The molecule has 0 aliphatic carbocycles. The molecule has 1 N–H and O–H groups in total. The van der Waals surface area contributed by atoms with Gasteiger partial charge in [0, 0.05) is 12.4 Å². The molecule has 1 aromatic carbocycles. The lowest BCUT2D eigenvalue weighted by atomic mass is 10.2. The van der Waals surface area contributed by atoms with E-state index in [2.05, 4.69) is 9.72 Å². The lowest BCUT2D eigenvalue weighted by Crippen LogP contribution is -2.16. The number of carbonyl (C=O) groups is 1. The third-order valence-corrected chi connectivity index (χ3v) is 4.88. The van der Waals surface area contributed by atoms with Crippen molar-refractivity contribution in [3.05, 3.63) is 72.2 Å². The van der Waals surface area contributed by atoms with Gasteiger partial charge in [-0.05, 0) is 36.4 Å². The van der Waals surface area contributed by atoms with E-state index in [9.17, 15) is 22.0 Å². The normalized spacial score (nSPS) is 11.2. The molecule has 27 heavy (non-hydrogen) atoms. The maximum absolute atomic E-state index is 13.9. The van der Waals surface area contributed by atoms with Crippen LogP contribution in [0.25, 0.3) is 5.69 Å². The lowest BCUT2D eigenvalue weighted by Gasteiger charge is -2.10. The highest BCUT2D eigenvalue weighted by molar-refractivity contribution is 7.92. The Morgan fingerprint density at radius 3 is 2.30 bits per heavy atom. The number of methoxy groups -OCH3 is 1. The van der Waals surface area contributed by atoms with E-state index in [0.717, 1.165) is 7.11 Å². The van der Waals surface area contributed by atoms with Gasteiger partial charge in [-0.2, -0.15) is 8.42 Å². The lowest BCUT2D eigenvalue weighted by molar-refractivity contribution is 0.0590. The molecule has 0 atom stereocenters. The molecule has 0 saturated heterocycles. The van der Waals surface area contributed by atoms with Crippen molar-refractivity contribution >= 4 is 21.7 Å². The van der Waals surface area contributed by atoms with E-state index in [4.69, 9.17) is 0 Å². The number of nitrogens with zero attached hydrogens (tertiary/aromatic N) is 2. The number of halogens is 2. The van der Waals surface area contributed by atoms with Gasteiger partial charge >= 0.3 is 5.97 Å². The minimum absolute atomic E-state index is 0.337. The highest BCUT2D eigenvalue weighted by Crippen LogP contribution is 2.22. The van der Waals surface area contributed by atoms with E-state index in [1.165, 1.54) is 18.3 Å². The zero-order valence-electron chi connectivity index (χ0n) is 13.9. The molecule has 0 aliphatic rings. The molecule has 3 aromatic rings. The van der Waals surface area contributed by atoms with Crippen LogP contribution >= 0.6 is 0 Å². The Balaban J connectivity index is 1.87. The van der Waals surface area contributed by atoms with Crippen LogP contribution in [0.1, 0.15) is 10.4 Å². The SMILES string of the molecule is COC(=O)c1c(F)cc(NS(=O)(=O)c2ccc(-n3cccc3)cn2)cc1F. The number of carbonyl (C=O) groups excluding carboxylic acids is 1. The number of sulfonamides is 1. The van der Waals surface area contributed by atoms with Crippen LogP contribution in [-0.4, -0.2) is 31.0 Å². The number of nitrogens with one attached hydrogen (secondary N) is 1. The molecular formula is C17H13F2N3O4S. The molecule has 10 heteroatoms. The Bertz CT molecular complexity index is 1060. The predicted molar refractivity (Wildman–Crippen MR) is 92.1 cm³/mol. The van der Waals surface area contributed by atoms with Crippen molar-refractivity contribution in [1.82, 2.24) is 9.55 Å². The summed E-state index contributed by atoms with van der Waals surface area (Å²) in [5, 5.41) is -0.337. The quantitative estimate of drug-likeness (QED) is 0.673. The fraction of sp³-hybridized carbons (Fsp3) is 0.0588. The van der Waals surface area contributed by atoms with E-state index in [-0.39, 0.29) is 5.03 Å². The van der Waals surface area contributed by atoms with Gasteiger partial charge in [0.1, 0.15) is 17.2 Å². The summed E-state index contributed by atoms with van der Waals surface area (Å²) in [6, 6.07) is 7.75. The average Bonchev–Trinajstić information content (AvgIpc) is 3.15. The summed E-state index contributed by atoms with van der Waals surface area (Å²) < 4.78 is 60.7. The fourth-order valence-electron chi connectivity index (χ4n) is 2.33. The second kappa shape index (κ2) is 7.16. The minimum atomic E-state index is -4.19. The molecule has 0 unspecified atom stereocenters. The molecule has 0 spiro atoms. The third kappa shape index (κ3) is 3.80. The van der Waals surface area contributed by atoms with Crippen LogP contribution in [0.2, 0.25) is 0 Å². The van der Waals surface area contributed by atoms with Crippen LogP contribution in [0.15, 0.2) is 60.0 Å². The molecule has 0 fully saturated rings. The van der Waals surface area contributed by atoms with Crippen molar-refractivity contribution in [1.29, 1.82) is 0 Å². The van der Waals surface area contributed by atoms with Crippen LogP contribution in [0.5, 0.6) is 0 Å². The first-order valence-electron chi connectivity index (χ1n) is 7.51. The smallest absolute Gasteiger partial charge is 0.343 e. The largest absolute Gasteiger partial charge is 0.465 e. The van der Waals surface area contributed by atoms with E-state index in [0.29, 0.717) is 17.8 Å². The van der Waals surface area contributed by atoms with Crippen molar-refractivity contribution in [2.24, 2.45) is 0 Å². The van der Waals surface area contributed by atoms with Crippen LogP contribution in [0, 0.1) is 11.6 Å². The first-order chi connectivity index (χ1) is 12.8. The number of hydrogen-bond acceptors (Lipinski definition) is 5. The second-order valence-electron chi connectivity index (χ2n) is 5.36. The van der Waals surface area contributed by atoms with Crippen molar-refractivity contribution < 1.29 is 26.7 Å². The highest BCUT2D eigenvalue weighted by atomic mass is 32.2. The zero-order chi connectivity index (χ0) is 19.6. The number of benzene rings is 1. The predicted octanol–water partition coefficient (Wildman–Crippen LogP) is 2.74. The van der Waals surface area contributed by atoms with Crippen molar-refractivity contribution in [2.75, 3.05) is 11.8 Å². The third-order valence-electron chi connectivity index (χ3n) is 3.58. The topological polar surface area (TPSA) is 90.3 Å². The minimum Gasteiger partial charge on any atom is -0.465 e. The van der Waals surface area contributed by atoms with E-state index in [1.54, 1.807) is 29.1 Å². The van der Waals surface area contributed by atoms with E-state index >= 15 is 0 Å². The van der Waals surface area contributed by atoms with Crippen LogP contribution in [0.4, 0.5) is 14.5 Å². The highest BCUT2D eigenvalue weighted by Gasteiger charge is 2.22. The van der Waals surface area contributed by atoms with E-state index in [1.807, 2.05) is 4.72 Å². The maximum atomic E-state index is 13.9. The number of esters is 1. The number of ether oxygens (including phenoxy) is 1. The van der Waals surface area contributed by atoms with Gasteiger partial charge in [-0.1, -0.05) is 0 Å². The molecule has 0 radical (unpaired) electrons. The first kappa shape index (κ1) is 18.5. The number of pyridine rings is 1. The Kier molecular flexibility index (Phi) is 4.91. The fourth-order valence-corrected chi connectivity index (χ4v) is 3.30. The summed E-state index contributed by atoms with van der Waals surface area (Å²) in [5.74, 6) is -3.72. The summed E-state index contributed by atoms with van der Waals surface area (Å²) in [7, 11) is -3.22. The van der Waals surface area contributed by atoms with Crippen LogP contribution in [0.3, 0.4) is 0 Å². The van der Waals surface area contributed by atoms with Gasteiger partial charge in [0.2, 0.25) is 0 Å². The van der Waals surface area contributed by atoms with Gasteiger partial charge in [0.15, 0.2) is 5.03 Å². The molecule has 7 nitrogen and oxygen atoms in total. The van der Waals surface area contributed by atoms with Crippen LogP contribution < -0.4 is 4.72 Å². The molecule has 3 rings (SSSR count). The first-order valence-corrected chi connectivity index (χ1v) is 9.00. The Labute approximate surface area is 153 Å².